The van der Waals surface area contributed by atoms with E-state index in [1.807, 2.05) is 24.3 Å². The molecule has 22 heavy (non-hydrogen) atoms. The second-order valence-electron chi connectivity index (χ2n) is 4.76. The number of carbonyl (C=O) groups is 1. The monoisotopic (exact) mass is 429 g/mol. The van der Waals surface area contributed by atoms with Crippen LogP contribution in [0.15, 0.2) is 36.4 Å². The molecule has 1 amide bonds. The van der Waals surface area contributed by atoms with Gasteiger partial charge in [-0.2, -0.15) is 0 Å². The first-order valence-electron chi connectivity index (χ1n) is 6.76. The van der Waals surface area contributed by atoms with E-state index >= 15 is 0 Å². The lowest BCUT2D eigenvalue weighted by Gasteiger charge is -2.20. The Kier molecular flexibility index (Phi) is 4.73. The lowest BCUT2D eigenvalue weighted by Crippen LogP contribution is -2.24. The fourth-order valence-electron chi connectivity index (χ4n) is 2.19. The largest absolute Gasteiger partial charge is 0.486 e. The number of amides is 1. The zero-order valence-electron chi connectivity index (χ0n) is 11.6. The van der Waals surface area contributed by atoms with Crippen molar-refractivity contribution in [3.8, 4) is 11.5 Å². The van der Waals surface area contributed by atoms with Crippen LogP contribution in [0.2, 0.25) is 5.02 Å². The highest BCUT2D eigenvalue weighted by atomic mass is 127. The minimum Gasteiger partial charge on any atom is -0.486 e. The number of carbonyl (C=O) groups excluding carboxylic acids is 1. The van der Waals surface area contributed by atoms with Crippen LogP contribution in [-0.2, 0) is 6.54 Å². The van der Waals surface area contributed by atoms with Gasteiger partial charge < -0.3 is 14.8 Å². The van der Waals surface area contributed by atoms with E-state index in [0.29, 0.717) is 41.8 Å². The summed E-state index contributed by atoms with van der Waals surface area (Å²) in [5, 5.41) is 3.39. The average Bonchev–Trinajstić information content (AvgIpc) is 2.53. The van der Waals surface area contributed by atoms with E-state index in [9.17, 15) is 4.79 Å². The lowest BCUT2D eigenvalue weighted by atomic mass is 10.1. The van der Waals surface area contributed by atoms with Crippen molar-refractivity contribution < 1.29 is 14.3 Å². The molecule has 0 unspecified atom stereocenters. The number of benzene rings is 2. The normalized spacial score (nSPS) is 12.8. The number of ether oxygens (including phenoxy) is 2. The van der Waals surface area contributed by atoms with Crippen molar-refractivity contribution in [3.63, 3.8) is 0 Å². The molecule has 1 heterocycles. The van der Waals surface area contributed by atoms with E-state index in [0.717, 1.165) is 9.13 Å². The minimum absolute atomic E-state index is 0.115. The van der Waals surface area contributed by atoms with Crippen LogP contribution < -0.4 is 14.8 Å². The van der Waals surface area contributed by atoms with E-state index in [1.54, 1.807) is 12.1 Å². The molecule has 6 heteroatoms. The Morgan fingerprint density at radius 2 is 2.00 bits per heavy atom. The summed E-state index contributed by atoms with van der Waals surface area (Å²) >= 11 is 8.33. The van der Waals surface area contributed by atoms with Gasteiger partial charge in [-0.1, -0.05) is 23.7 Å². The van der Waals surface area contributed by atoms with Crippen LogP contribution in [0.3, 0.4) is 0 Å². The molecule has 0 atom stereocenters. The third-order valence-corrected chi connectivity index (χ3v) is 4.45. The quantitative estimate of drug-likeness (QED) is 0.758. The van der Waals surface area contributed by atoms with Crippen LogP contribution in [0.1, 0.15) is 15.9 Å². The Morgan fingerprint density at radius 1 is 1.23 bits per heavy atom. The fraction of sp³-hybridized carbons (Fsp3) is 0.188. The highest BCUT2D eigenvalue weighted by molar-refractivity contribution is 14.1. The Bertz CT molecular complexity index is 721. The summed E-state index contributed by atoms with van der Waals surface area (Å²) in [6.07, 6.45) is 0. The van der Waals surface area contributed by atoms with Gasteiger partial charge in [0.25, 0.3) is 5.91 Å². The molecular formula is C16H13ClINO3. The van der Waals surface area contributed by atoms with Crippen molar-refractivity contribution in [2.75, 3.05) is 13.2 Å². The number of halogens is 2. The van der Waals surface area contributed by atoms with Crippen molar-refractivity contribution in [2.24, 2.45) is 0 Å². The maximum atomic E-state index is 12.2. The Hall–Kier alpha value is -1.47. The molecule has 0 fully saturated rings. The third-order valence-electron chi connectivity index (χ3n) is 3.23. The first kappa shape index (κ1) is 15.4. The summed E-state index contributed by atoms with van der Waals surface area (Å²) in [6.45, 7) is 1.37. The predicted molar refractivity (Wildman–Crippen MR) is 92.8 cm³/mol. The Labute approximate surface area is 146 Å². The van der Waals surface area contributed by atoms with Crippen LogP contribution in [-0.4, -0.2) is 19.1 Å². The maximum Gasteiger partial charge on any atom is 0.252 e. The van der Waals surface area contributed by atoms with Crippen molar-refractivity contribution in [1.82, 2.24) is 5.32 Å². The van der Waals surface area contributed by atoms with Crippen molar-refractivity contribution in [1.29, 1.82) is 0 Å². The van der Waals surface area contributed by atoms with Crippen LogP contribution in [0.4, 0.5) is 0 Å². The van der Waals surface area contributed by atoms with Gasteiger partial charge in [0.05, 0.1) is 10.6 Å². The Morgan fingerprint density at radius 3 is 2.82 bits per heavy atom. The molecule has 2 aromatic rings. The molecule has 2 aromatic carbocycles. The molecule has 0 saturated heterocycles. The molecule has 1 aliphatic heterocycles. The molecule has 0 bridgehead atoms. The van der Waals surface area contributed by atoms with E-state index in [2.05, 4.69) is 27.9 Å². The summed E-state index contributed by atoms with van der Waals surface area (Å²) in [5.74, 6) is 1.08. The maximum absolute atomic E-state index is 12.2. The molecule has 114 valence electrons. The van der Waals surface area contributed by atoms with Gasteiger partial charge in [0, 0.05) is 10.1 Å². The SMILES string of the molecule is O=C(NCc1cc(Cl)c2c(c1)OCCO2)c1ccccc1I. The second-order valence-corrected chi connectivity index (χ2v) is 6.33. The van der Waals surface area contributed by atoms with E-state index < -0.39 is 0 Å². The zero-order chi connectivity index (χ0) is 15.5. The number of fused-ring (bicyclic) bond motifs is 1. The molecule has 0 spiro atoms. The molecule has 0 radical (unpaired) electrons. The molecule has 0 saturated carbocycles. The van der Waals surface area contributed by atoms with E-state index in [1.165, 1.54) is 0 Å². The van der Waals surface area contributed by atoms with E-state index in [4.69, 9.17) is 21.1 Å². The molecule has 1 aliphatic rings. The summed E-state index contributed by atoms with van der Waals surface area (Å²) in [7, 11) is 0. The van der Waals surface area contributed by atoms with Crippen LogP contribution in [0.5, 0.6) is 11.5 Å². The van der Waals surface area contributed by atoms with Crippen LogP contribution >= 0.6 is 34.2 Å². The van der Waals surface area contributed by atoms with Crippen molar-refractivity contribution in [2.45, 2.75) is 6.54 Å². The number of hydrogen-bond acceptors (Lipinski definition) is 3. The topological polar surface area (TPSA) is 47.6 Å². The first-order valence-corrected chi connectivity index (χ1v) is 8.21. The van der Waals surface area contributed by atoms with Gasteiger partial charge in [0.15, 0.2) is 11.5 Å². The fourth-order valence-corrected chi connectivity index (χ4v) is 3.11. The molecule has 3 rings (SSSR count). The third kappa shape index (κ3) is 3.30. The molecule has 0 aromatic heterocycles. The van der Waals surface area contributed by atoms with Crippen LogP contribution in [0.25, 0.3) is 0 Å². The van der Waals surface area contributed by atoms with Gasteiger partial charge >= 0.3 is 0 Å². The number of rotatable bonds is 3. The summed E-state index contributed by atoms with van der Waals surface area (Å²) in [4.78, 5) is 12.2. The van der Waals surface area contributed by atoms with Gasteiger partial charge in [-0.25, -0.2) is 0 Å². The predicted octanol–water partition coefficient (Wildman–Crippen LogP) is 3.65. The molecular weight excluding hydrogens is 417 g/mol. The second kappa shape index (κ2) is 6.75. The minimum atomic E-state index is -0.115. The lowest BCUT2D eigenvalue weighted by molar-refractivity contribution is 0.0950. The number of nitrogens with one attached hydrogen (secondary N) is 1. The number of hydrogen-bond donors (Lipinski definition) is 1. The van der Waals surface area contributed by atoms with Gasteiger partial charge in [0.2, 0.25) is 0 Å². The van der Waals surface area contributed by atoms with Gasteiger partial charge in [-0.05, 0) is 52.4 Å². The van der Waals surface area contributed by atoms with Crippen molar-refractivity contribution >= 4 is 40.1 Å². The van der Waals surface area contributed by atoms with Gasteiger partial charge in [-0.15, -0.1) is 0 Å². The summed E-state index contributed by atoms with van der Waals surface area (Å²) in [6, 6.07) is 11.1. The highest BCUT2D eigenvalue weighted by Crippen LogP contribution is 2.38. The summed E-state index contributed by atoms with van der Waals surface area (Å²) in [5.41, 5.74) is 1.53. The first-order chi connectivity index (χ1) is 10.6. The highest BCUT2D eigenvalue weighted by Gasteiger charge is 2.17. The average molecular weight is 430 g/mol. The summed E-state index contributed by atoms with van der Waals surface area (Å²) < 4.78 is 11.9. The Balaban J connectivity index is 1.73. The van der Waals surface area contributed by atoms with Crippen molar-refractivity contribution in [3.05, 3.63) is 56.1 Å². The standard InChI is InChI=1S/C16H13ClINO3/c17-12-7-10(8-14-15(12)22-6-5-21-14)9-19-16(20)11-3-1-2-4-13(11)18/h1-4,7-8H,5-6,9H2,(H,19,20). The smallest absolute Gasteiger partial charge is 0.252 e. The van der Waals surface area contributed by atoms with Crippen LogP contribution in [0, 0.1) is 3.57 Å². The molecule has 4 nitrogen and oxygen atoms in total. The van der Waals surface area contributed by atoms with Gasteiger partial charge in [0.1, 0.15) is 13.2 Å². The molecule has 1 N–H and O–H groups in total. The van der Waals surface area contributed by atoms with Gasteiger partial charge in [-0.3, -0.25) is 4.79 Å². The zero-order valence-corrected chi connectivity index (χ0v) is 14.5. The van der Waals surface area contributed by atoms with E-state index in [-0.39, 0.29) is 5.91 Å². The molecule has 0 aliphatic carbocycles.